The second-order valence-electron chi connectivity index (χ2n) is 7.44. The molecule has 0 saturated heterocycles. The molecule has 2 aromatic carbocycles. The van der Waals surface area contributed by atoms with Crippen molar-refractivity contribution in [2.75, 3.05) is 20.8 Å². The Kier molecular flexibility index (Phi) is 6.31. The Morgan fingerprint density at radius 3 is 2.21 bits per heavy atom. The number of carbonyl (C=O) groups is 2. The van der Waals surface area contributed by atoms with Crippen molar-refractivity contribution in [3.63, 3.8) is 0 Å². The average Bonchev–Trinajstić information content (AvgIpc) is 2.80. The van der Waals surface area contributed by atoms with Gasteiger partial charge in [0.1, 0.15) is 12.2 Å². The number of fused-ring (bicyclic) bond motifs is 2. The first-order chi connectivity index (χ1) is 16.3. The maximum atomic E-state index is 11.6. The standard InChI is InChI=1S/C24H22O10/c1-12(25)30-11-21-23(15-8-19(28-3)24(31-13(2)26)20(9-15)29-4)34-18-10-16-14(7-17(18)32-21)5-6-22(27)33-16/h5-10,21,23H,11H2,1-4H3/t21-,23-/m0/s1. The molecule has 0 radical (unpaired) electrons. The number of benzene rings is 2. The predicted octanol–water partition coefficient (Wildman–Crippen LogP) is 3.18. The van der Waals surface area contributed by atoms with Crippen LogP contribution in [0.4, 0.5) is 0 Å². The van der Waals surface area contributed by atoms with E-state index in [-0.39, 0.29) is 23.9 Å². The van der Waals surface area contributed by atoms with Crippen LogP contribution < -0.4 is 29.3 Å². The van der Waals surface area contributed by atoms with Gasteiger partial charge in [-0.1, -0.05) is 0 Å². The fourth-order valence-corrected chi connectivity index (χ4v) is 3.61. The highest BCUT2D eigenvalue weighted by Crippen LogP contribution is 2.46. The molecule has 2 atom stereocenters. The molecular weight excluding hydrogens is 448 g/mol. The highest BCUT2D eigenvalue weighted by atomic mass is 16.6. The van der Waals surface area contributed by atoms with Gasteiger partial charge in [-0.2, -0.15) is 0 Å². The largest absolute Gasteiger partial charge is 0.493 e. The molecule has 3 aromatic rings. The Bertz CT molecular complexity index is 1280. The lowest BCUT2D eigenvalue weighted by molar-refractivity contribution is -0.145. The van der Waals surface area contributed by atoms with Gasteiger partial charge in [0.05, 0.1) is 14.2 Å². The van der Waals surface area contributed by atoms with Crippen molar-refractivity contribution in [3.05, 3.63) is 52.4 Å². The van der Waals surface area contributed by atoms with E-state index in [0.717, 1.165) is 0 Å². The van der Waals surface area contributed by atoms with Crippen LogP contribution in [-0.4, -0.2) is 38.9 Å². The van der Waals surface area contributed by atoms with Crippen LogP contribution in [0, 0.1) is 0 Å². The predicted molar refractivity (Wildman–Crippen MR) is 118 cm³/mol. The summed E-state index contributed by atoms with van der Waals surface area (Å²) in [5.41, 5.74) is 0.374. The van der Waals surface area contributed by atoms with Gasteiger partial charge in [0, 0.05) is 36.9 Å². The lowest BCUT2D eigenvalue weighted by Gasteiger charge is -2.34. The third kappa shape index (κ3) is 4.61. The average molecular weight is 470 g/mol. The Labute approximate surface area is 193 Å². The zero-order valence-electron chi connectivity index (χ0n) is 18.9. The Morgan fingerprint density at radius 2 is 1.59 bits per heavy atom. The monoisotopic (exact) mass is 470 g/mol. The zero-order valence-corrected chi connectivity index (χ0v) is 18.9. The van der Waals surface area contributed by atoms with E-state index < -0.39 is 29.8 Å². The quantitative estimate of drug-likeness (QED) is 0.302. The Hall–Kier alpha value is -4.21. The van der Waals surface area contributed by atoms with Crippen LogP contribution in [0.2, 0.25) is 0 Å². The van der Waals surface area contributed by atoms with Crippen molar-refractivity contribution in [2.24, 2.45) is 0 Å². The van der Waals surface area contributed by atoms with Crippen LogP contribution in [0.5, 0.6) is 28.7 Å². The molecule has 0 N–H and O–H groups in total. The summed E-state index contributed by atoms with van der Waals surface area (Å²) in [6.45, 7) is 2.46. The minimum atomic E-state index is -0.783. The number of hydrogen-bond donors (Lipinski definition) is 0. The van der Waals surface area contributed by atoms with Gasteiger partial charge in [0.25, 0.3) is 0 Å². The van der Waals surface area contributed by atoms with E-state index >= 15 is 0 Å². The number of ether oxygens (including phenoxy) is 6. The fraction of sp³-hybridized carbons (Fsp3) is 0.292. The molecule has 0 unspecified atom stereocenters. The molecule has 1 aliphatic rings. The smallest absolute Gasteiger partial charge is 0.336 e. The summed E-state index contributed by atoms with van der Waals surface area (Å²) in [5, 5.41) is 0.640. The lowest BCUT2D eigenvalue weighted by Crippen LogP contribution is -2.37. The third-order valence-electron chi connectivity index (χ3n) is 5.06. The second-order valence-corrected chi connectivity index (χ2v) is 7.44. The number of esters is 2. The molecule has 10 nitrogen and oxygen atoms in total. The molecule has 1 aromatic heterocycles. The molecule has 178 valence electrons. The van der Waals surface area contributed by atoms with Crippen LogP contribution in [0.1, 0.15) is 25.5 Å². The number of hydrogen-bond acceptors (Lipinski definition) is 10. The SMILES string of the molecule is COc1cc([C@@H]2Oc3cc4oc(=O)ccc4cc3O[C@H]2COC(C)=O)cc(OC)c1OC(C)=O. The Balaban J connectivity index is 1.80. The molecule has 2 heterocycles. The molecule has 34 heavy (non-hydrogen) atoms. The van der Waals surface area contributed by atoms with E-state index in [4.69, 9.17) is 32.8 Å². The first-order valence-corrected chi connectivity index (χ1v) is 10.3. The van der Waals surface area contributed by atoms with Crippen LogP contribution >= 0.6 is 0 Å². The summed E-state index contributed by atoms with van der Waals surface area (Å²) in [7, 11) is 2.84. The summed E-state index contributed by atoms with van der Waals surface area (Å²) in [5.74, 6) is 0.274. The summed E-state index contributed by atoms with van der Waals surface area (Å²) < 4.78 is 38.9. The van der Waals surface area contributed by atoms with Gasteiger partial charge < -0.3 is 32.8 Å². The molecule has 0 amide bonds. The summed E-state index contributed by atoms with van der Waals surface area (Å²) in [4.78, 5) is 34.7. The molecule has 0 saturated carbocycles. The van der Waals surface area contributed by atoms with Crippen molar-refractivity contribution >= 4 is 22.9 Å². The third-order valence-corrected chi connectivity index (χ3v) is 5.06. The van der Waals surface area contributed by atoms with Gasteiger partial charge in [0.15, 0.2) is 35.2 Å². The molecular formula is C24H22O10. The highest BCUT2D eigenvalue weighted by Gasteiger charge is 2.36. The summed E-state index contributed by atoms with van der Waals surface area (Å²) in [6.07, 6.45) is -1.52. The van der Waals surface area contributed by atoms with Gasteiger partial charge >= 0.3 is 17.6 Å². The molecule has 0 fully saturated rings. The molecule has 0 spiro atoms. The van der Waals surface area contributed by atoms with Crippen LogP contribution in [-0.2, 0) is 14.3 Å². The van der Waals surface area contributed by atoms with Crippen molar-refractivity contribution in [1.82, 2.24) is 0 Å². The second kappa shape index (κ2) is 9.34. The Morgan fingerprint density at radius 1 is 0.912 bits per heavy atom. The molecule has 0 aliphatic carbocycles. The van der Waals surface area contributed by atoms with Gasteiger partial charge in [0.2, 0.25) is 5.75 Å². The topological polar surface area (TPSA) is 120 Å². The molecule has 4 rings (SSSR count). The number of methoxy groups -OCH3 is 2. The zero-order chi connectivity index (χ0) is 24.4. The minimum Gasteiger partial charge on any atom is -0.493 e. The number of carbonyl (C=O) groups excluding carboxylic acids is 2. The van der Waals surface area contributed by atoms with Gasteiger partial charge in [-0.15, -0.1) is 0 Å². The van der Waals surface area contributed by atoms with E-state index in [2.05, 4.69) is 0 Å². The van der Waals surface area contributed by atoms with Gasteiger partial charge in [-0.05, 0) is 24.3 Å². The fourth-order valence-electron chi connectivity index (χ4n) is 3.61. The first-order valence-electron chi connectivity index (χ1n) is 10.3. The van der Waals surface area contributed by atoms with E-state index in [0.29, 0.717) is 28.0 Å². The van der Waals surface area contributed by atoms with Crippen molar-refractivity contribution in [2.45, 2.75) is 26.1 Å². The highest BCUT2D eigenvalue weighted by molar-refractivity contribution is 5.81. The van der Waals surface area contributed by atoms with E-state index in [1.807, 2.05) is 0 Å². The maximum Gasteiger partial charge on any atom is 0.336 e. The molecule has 10 heteroatoms. The van der Waals surface area contributed by atoms with Crippen molar-refractivity contribution < 1.29 is 42.4 Å². The van der Waals surface area contributed by atoms with E-state index in [1.54, 1.807) is 30.3 Å². The number of rotatable bonds is 6. The lowest BCUT2D eigenvalue weighted by atomic mass is 10.0. The maximum absolute atomic E-state index is 11.6. The molecule has 1 aliphatic heterocycles. The minimum absolute atomic E-state index is 0.0995. The van der Waals surface area contributed by atoms with Crippen LogP contribution in [0.15, 0.2) is 45.6 Å². The van der Waals surface area contributed by atoms with Crippen molar-refractivity contribution in [3.8, 4) is 28.7 Å². The molecule has 0 bridgehead atoms. The van der Waals surface area contributed by atoms with Gasteiger partial charge in [-0.25, -0.2) is 4.79 Å². The van der Waals surface area contributed by atoms with Crippen molar-refractivity contribution in [1.29, 1.82) is 0 Å². The van der Waals surface area contributed by atoms with Crippen LogP contribution in [0.3, 0.4) is 0 Å². The van der Waals surface area contributed by atoms with E-state index in [9.17, 15) is 14.4 Å². The first kappa shape index (κ1) is 23.0. The van der Waals surface area contributed by atoms with E-state index in [1.165, 1.54) is 34.1 Å². The summed E-state index contributed by atoms with van der Waals surface area (Å²) >= 11 is 0. The summed E-state index contributed by atoms with van der Waals surface area (Å²) in [6, 6.07) is 9.38. The normalized spacial score (nSPS) is 16.6. The van der Waals surface area contributed by atoms with Gasteiger partial charge in [-0.3, -0.25) is 9.59 Å². The van der Waals surface area contributed by atoms with Crippen LogP contribution in [0.25, 0.3) is 11.0 Å².